The predicted octanol–water partition coefficient (Wildman–Crippen LogP) is -0.382. The van der Waals surface area contributed by atoms with Gasteiger partial charge in [0, 0.05) is 28.2 Å². The van der Waals surface area contributed by atoms with E-state index in [4.69, 9.17) is 0 Å². The van der Waals surface area contributed by atoms with Gasteiger partial charge in [0.2, 0.25) is 0 Å². The first-order valence-electron chi connectivity index (χ1n) is 3.29. The molecule has 0 saturated heterocycles. The summed E-state index contributed by atoms with van der Waals surface area (Å²) in [5, 5.41) is 6.33. The van der Waals surface area contributed by atoms with E-state index in [1.54, 1.807) is 0 Å². The van der Waals surface area contributed by atoms with Crippen molar-refractivity contribution in [3.05, 3.63) is 0 Å². The summed E-state index contributed by atoms with van der Waals surface area (Å²) in [6.07, 6.45) is 0. The summed E-state index contributed by atoms with van der Waals surface area (Å²) in [7, 11) is 6.12. The topological polar surface area (TPSA) is 65.3 Å². The van der Waals surface area contributed by atoms with Crippen molar-refractivity contribution in [1.82, 2.24) is 9.80 Å². The van der Waals surface area contributed by atoms with Crippen LogP contribution in [0.15, 0.2) is 10.2 Å². The van der Waals surface area contributed by atoms with E-state index in [0.29, 0.717) is 0 Å². The summed E-state index contributed by atoms with van der Waals surface area (Å²) in [6.45, 7) is 0. The van der Waals surface area contributed by atoms with Gasteiger partial charge in [-0.1, -0.05) is 10.2 Å². The van der Waals surface area contributed by atoms with Crippen molar-refractivity contribution < 1.29 is 9.59 Å². The molecule has 0 aromatic carbocycles. The van der Waals surface area contributed by atoms with Crippen molar-refractivity contribution in [2.24, 2.45) is 10.2 Å². The van der Waals surface area contributed by atoms with E-state index in [1.165, 1.54) is 38.0 Å². The van der Waals surface area contributed by atoms with Gasteiger partial charge in [0.15, 0.2) is 0 Å². The second kappa shape index (κ2) is 6.83. The molecule has 0 rings (SSSR count). The molecule has 0 aliphatic rings. The van der Waals surface area contributed by atoms with Crippen LogP contribution in [0.3, 0.4) is 0 Å². The molecule has 4 amide bonds. The monoisotopic (exact) mass is 296 g/mol. The van der Waals surface area contributed by atoms with Crippen molar-refractivity contribution >= 4 is 36.5 Å². The summed E-state index contributed by atoms with van der Waals surface area (Å²) in [5.41, 5.74) is 0. The molecule has 0 saturated carbocycles. The van der Waals surface area contributed by atoms with E-state index in [2.05, 4.69) is 10.2 Å². The maximum atomic E-state index is 10.8. The molecule has 0 aliphatic heterocycles. The van der Waals surface area contributed by atoms with Gasteiger partial charge >= 0.3 is 36.5 Å². The summed E-state index contributed by atoms with van der Waals surface area (Å²) in [4.78, 5) is 24.0. The molecule has 7 heteroatoms. The Morgan fingerprint density at radius 1 is 0.846 bits per heavy atom. The Balaban J connectivity index is 0. The molecule has 0 aromatic heterocycles. The Hall–Kier alpha value is -0.642. The van der Waals surface area contributed by atoms with Crippen LogP contribution in [0.25, 0.3) is 0 Å². The summed E-state index contributed by atoms with van der Waals surface area (Å²) in [6, 6.07) is -1.10. The third-order valence-electron chi connectivity index (χ3n) is 0.986. The molecule has 0 atom stereocenters. The van der Waals surface area contributed by atoms with Gasteiger partial charge in [0.05, 0.1) is 0 Å². The number of azo groups is 1. The number of urea groups is 2. The molecule has 0 bridgehead atoms. The number of amides is 4. The number of rotatable bonds is 0. The molecular formula is C6H15N4O2Sb. The van der Waals surface area contributed by atoms with Gasteiger partial charge in [0.25, 0.3) is 0 Å². The fraction of sp³-hybridized carbons (Fsp3) is 0.667. The van der Waals surface area contributed by atoms with Gasteiger partial charge in [-0.05, 0) is 0 Å². The van der Waals surface area contributed by atoms with Crippen molar-refractivity contribution in [2.45, 2.75) is 0 Å². The Labute approximate surface area is 94.4 Å². The Bertz CT molecular complexity index is 193. The Kier molecular flexibility index (Phi) is 7.81. The van der Waals surface area contributed by atoms with E-state index >= 15 is 0 Å². The first-order chi connectivity index (χ1) is 5.45. The summed E-state index contributed by atoms with van der Waals surface area (Å²) >= 11 is 0. The van der Waals surface area contributed by atoms with Crippen LogP contribution >= 0.6 is 0 Å². The van der Waals surface area contributed by atoms with Crippen LogP contribution in [0, 0.1) is 0 Å². The molecule has 0 fully saturated rings. The van der Waals surface area contributed by atoms with Crippen molar-refractivity contribution in [2.75, 3.05) is 28.2 Å². The number of carbonyl (C=O) groups excluding carboxylic acids is 2. The fourth-order valence-corrected chi connectivity index (χ4v) is 0.264. The maximum absolute atomic E-state index is 10.8. The number of nitrogens with zero attached hydrogens (tertiary/aromatic N) is 4. The van der Waals surface area contributed by atoms with Crippen LogP contribution in [-0.4, -0.2) is 74.5 Å². The van der Waals surface area contributed by atoms with Gasteiger partial charge in [-0.25, -0.2) is 9.59 Å². The van der Waals surface area contributed by atoms with Gasteiger partial charge in [-0.3, -0.25) is 0 Å². The molecular weight excluding hydrogens is 282 g/mol. The average Bonchev–Trinajstić information content (AvgIpc) is 1.98. The molecule has 0 N–H and O–H groups in total. The molecule has 0 aromatic rings. The third-order valence-corrected chi connectivity index (χ3v) is 0.986. The number of hydrogen-bond donors (Lipinski definition) is 0. The van der Waals surface area contributed by atoms with E-state index in [0.717, 1.165) is 0 Å². The van der Waals surface area contributed by atoms with Crippen molar-refractivity contribution in [1.29, 1.82) is 0 Å². The van der Waals surface area contributed by atoms with Crippen molar-refractivity contribution in [3.63, 3.8) is 0 Å². The van der Waals surface area contributed by atoms with Crippen LogP contribution in [0.2, 0.25) is 0 Å². The second-order valence-corrected chi connectivity index (χ2v) is 2.55. The number of carbonyl (C=O) groups is 2. The third kappa shape index (κ3) is 6.51. The normalized spacial score (nSPS) is 9.23. The average molecular weight is 297 g/mol. The van der Waals surface area contributed by atoms with E-state index in [-0.39, 0.29) is 24.4 Å². The zero-order valence-electron chi connectivity index (χ0n) is 8.31. The first kappa shape index (κ1) is 14.9. The predicted molar refractivity (Wildman–Crippen MR) is 53.0 cm³/mol. The van der Waals surface area contributed by atoms with Gasteiger partial charge in [-0.2, -0.15) is 0 Å². The minimum atomic E-state index is -0.551. The molecule has 0 aliphatic carbocycles. The molecule has 0 radical (unpaired) electrons. The molecule has 0 unspecified atom stereocenters. The van der Waals surface area contributed by atoms with Gasteiger partial charge in [0.1, 0.15) is 0 Å². The van der Waals surface area contributed by atoms with E-state index in [9.17, 15) is 9.59 Å². The van der Waals surface area contributed by atoms with Crippen LogP contribution in [0.5, 0.6) is 0 Å². The van der Waals surface area contributed by atoms with E-state index < -0.39 is 12.1 Å². The zero-order chi connectivity index (χ0) is 9.72. The molecule has 76 valence electrons. The van der Waals surface area contributed by atoms with E-state index in [1.807, 2.05) is 0 Å². The van der Waals surface area contributed by atoms with Gasteiger partial charge < -0.3 is 9.80 Å². The molecule has 6 nitrogen and oxygen atoms in total. The van der Waals surface area contributed by atoms with Gasteiger partial charge in [-0.15, -0.1) is 0 Å². The Morgan fingerprint density at radius 3 is 1.23 bits per heavy atom. The number of hydrogen-bond acceptors (Lipinski definition) is 2. The second-order valence-electron chi connectivity index (χ2n) is 2.55. The standard InChI is InChI=1S/C6H12N4O2.Sb.3H/c1-9(2)5(11)7-8-6(12)10(3)4;;;;/h1-4H3;;;;. The summed E-state index contributed by atoms with van der Waals surface area (Å²) < 4.78 is 0. The van der Waals surface area contributed by atoms with Crippen LogP contribution in [0.1, 0.15) is 0 Å². The summed E-state index contributed by atoms with van der Waals surface area (Å²) in [5.74, 6) is 0. The zero-order valence-corrected chi connectivity index (χ0v) is 12.3. The molecule has 0 heterocycles. The molecule has 13 heavy (non-hydrogen) atoms. The first-order valence-corrected chi connectivity index (χ1v) is 3.29. The van der Waals surface area contributed by atoms with Crippen LogP contribution in [-0.2, 0) is 0 Å². The minimum absolute atomic E-state index is 0. The van der Waals surface area contributed by atoms with Crippen LogP contribution < -0.4 is 0 Å². The quantitative estimate of drug-likeness (QED) is 0.452. The van der Waals surface area contributed by atoms with Crippen molar-refractivity contribution in [3.8, 4) is 0 Å². The van der Waals surface area contributed by atoms with Crippen LogP contribution in [0.4, 0.5) is 9.59 Å². The molecule has 0 spiro atoms. The SMILES string of the molecule is CN(C)C(=O)N=NC(=O)N(C)C.[SbH3]. The fourth-order valence-electron chi connectivity index (χ4n) is 0.264. The Morgan fingerprint density at radius 2 is 1.08 bits per heavy atom.